The van der Waals surface area contributed by atoms with Crippen molar-refractivity contribution in [2.75, 3.05) is 11.1 Å². The number of carbonyl (C=O) groups excluding carboxylic acids is 2. The summed E-state index contributed by atoms with van der Waals surface area (Å²) >= 11 is 13.4. The van der Waals surface area contributed by atoms with Crippen LogP contribution in [0.5, 0.6) is 0 Å². The Balaban J connectivity index is 1.64. The zero-order valence-corrected chi connectivity index (χ0v) is 16.4. The number of benzene rings is 3. The standard InChI is InChI=1S/C21H15Cl2NO2S/c22-15-6-3-5-14(11-15)21(26)24-16-7-4-8-17(12-16)27-13-20(25)18-9-1-2-10-19(18)23/h1-12H,13H2,(H,24,26). The molecule has 0 heterocycles. The number of nitrogens with one attached hydrogen (secondary N) is 1. The molecule has 3 rings (SSSR count). The van der Waals surface area contributed by atoms with Crippen molar-refractivity contribution in [1.82, 2.24) is 0 Å². The van der Waals surface area contributed by atoms with E-state index in [0.717, 1.165) is 4.90 Å². The predicted molar refractivity (Wildman–Crippen MR) is 112 cm³/mol. The molecule has 3 aromatic carbocycles. The van der Waals surface area contributed by atoms with Crippen LogP contribution in [-0.2, 0) is 0 Å². The summed E-state index contributed by atoms with van der Waals surface area (Å²) in [6, 6.07) is 21.1. The highest BCUT2D eigenvalue weighted by Crippen LogP contribution is 2.25. The maximum atomic E-state index is 12.3. The van der Waals surface area contributed by atoms with Crippen LogP contribution in [0.2, 0.25) is 10.0 Å². The number of halogens is 2. The van der Waals surface area contributed by atoms with Crippen molar-refractivity contribution in [2.45, 2.75) is 4.90 Å². The van der Waals surface area contributed by atoms with Gasteiger partial charge in [-0.25, -0.2) is 0 Å². The Kier molecular flexibility index (Phi) is 6.56. The minimum absolute atomic E-state index is 0.0426. The molecule has 0 saturated heterocycles. The highest BCUT2D eigenvalue weighted by Gasteiger charge is 2.11. The van der Waals surface area contributed by atoms with E-state index in [0.29, 0.717) is 26.9 Å². The first-order valence-corrected chi connectivity index (χ1v) is 9.84. The molecule has 0 aliphatic carbocycles. The van der Waals surface area contributed by atoms with Crippen LogP contribution < -0.4 is 5.32 Å². The van der Waals surface area contributed by atoms with Gasteiger partial charge in [0.15, 0.2) is 5.78 Å². The van der Waals surface area contributed by atoms with Gasteiger partial charge < -0.3 is 5.32 Å². The van der Waals surface area contributed by atoms with Gasteiger partial charge in [0.2, 0.25) is 0 Å². The monoisotopic (exact) mass is 415 g/mol. The number of rotatable bonds is 6. The first-order chi connectivity index (χ1) is 13.0. The van der Waals surface area contributed by atoms with E-state index in [1.165, 1.54) is 11.8 Å². The molecule has 0 fully saturated rings. The highest BCUT2D eigenvalue weighted by molar-refractivity contribution is 8.00. The number of hydrogen-bond donors (Lipinski definition) is 1. The molecule has 6 heteroatoms. The average molecular weight is 416 g/mol. The smallest absolute Gasteiger partial charge is 0.255 e. The molecule has 0 aliphatic rings. The Bertz CT molecular complexity index is 991. The Morgan fingerprint density at radius 1 is 0.889 bits per heavy atom. The van der Waals surface area contributed by atoms with E-state index in [2.05, 4.69) is 5.32 Å². The minimum atomic E-state index is -0.244. The van der Waals surface area contributed by atoms with Gasteiger partial charge in [0.1, 0.15) is 0 Å². The molecular weight excluding hydrogens is 401 g/mol. The summed E-state index contributed by atoms with van der Waals surface area (Å²) in [6.07, 6.45) is 0. The Morgan fingerprint density at radius 3 is 2.44 bits per heavy atom. The predicted octanol–water partition coefficient (Wildman–Crippen LogP) is 6.22. The van der Waals surface area contributed by atoms with Gasteiger partial charge in [-0.05, 0) is 48.5 Å². The fraction of sp³-hybridized carbons (Fsp3) is 0.0476. The number of ketones is 1. The van der Waals surface area contributed by atoms with E-state index in [9.17, 15) is 9.59 Å². The molecule has 136 valence electrons. The number of amides is 1. The number of thioether (sulfide) groups is 1. The molecule has 0 atom stereocenters. The largest absolute Gasteiger partial charge is 0.322 e. The summed E-state index contributed by atoms with van der Waals surface area (Å²) < 4.78 is 0. The summed E-state index contributed by atoms with van der Waals surface area (Å²) in [7, 11) is 0. The molecule has 3 aromatic rings. The lowest BCUT2D eigenvalue weighted by atomic mass is 10.1. The first-order valence-electron chi connectivity index (χ1n) is 8.10. The quantitative estimate of drug-likeness (QED) is 0.383. The number of hydrogen-bond acceptors (Lipinski definition) is 3. The summed E-state index contributed by atoms with van der Waals surface area (Å²) in [4.78, 5) is 25.5. The molecule has 0 spiro atoms. The second kappa shape index (κ2) is 9.09. The fourth-order valence-electron chi connectivity index (χ4n) is 2.41. The highest BCUT2D eigenvalue weighted by atomic mass is 35.5. The Labute approximate surface area is 171 Å². The van der Waals surface area contributed by atoms with Crippen molar-refractivity contribution in [1.29, 1.82) is 0 Å². The van der Waals surface area contributed by atoms with E-state index >= 15 is 0 Å². The summed E-state index contributed by atoms with van der Waals surface area (Å²) in [6.45, 7) is 0. The van der Waals surface area contributed by atoms with Crippen LogP contribution in [0.1, 0.15) is 20.7 Å². The van der Waals surface area contributed by atoms with E-state index in [1.54, 1.807) is 54.6 Å². The normalized spacial score (nSPS) is 10.4. The molecular formula is C21H15Cl2NO2S. The SMILES string of the molecule is O=C(Nc1cccc(SCC(=O)c2ccccc2Cl)c1)c1cccc(Cl)c1. The average Bonchev–Trinajstić information content (AvgIpc) is 2.67. The van der Waals surface area contributed by atoms with Gasteiger partial charge in [0.05, 0.1) is 10.8 Å². The van der Waals surface area contributed by atoms with Crippen molar-refractivity contribution in [3.63, 3.8) is 0 Å². The Morgan fingerprint density at radius 2 is 1.67 bits per heavy atom. The lowest BCUT2D eigenvalue weighted by Gasteiger charge is -2.08. The van der Waals surface area contributed by atoms with Crippen LogP contribution in [0.25, 0.3) is 0 Å². The minimum Gasteiger partial charge on any atom is -0.322 e. The van der Waals surface area contributed by atoms with E-state index in [-0.39, 0.29) is 17.4 Å². The van der Waals surface area contributed by atoms with E-state index in [1.807, 2.05) is 18.2 Å². The molecule has 0 aliphatic heterocycles. The third-order valence-corrected chi connectivity index (χ3v) is 5.28. The van der Waals surface area contributed by atoms with Crippen molar-refractivity contribution >= 4 is 52.3 Å². The fourth-order valence-corrected chi connectivity index (χ4v) is 3.68. The second-order valence-corrected chi connectivity index (χ2v) is 7.58. The molecule has 3 nitrogen and oxygen atoms in total. The van der Waals surface area contributed by atoms with Crippen LogP contribution in [0.3, 0.4) is 0 Å². The molecule has 0 bridgehead atoms. The summed E-state index contributed by atoms with van der Waals surface area (Å²) in [5, 5.41) is 3.79. The number of anilines is 1. The van der Waals surface area contributed by atoms with Gasteiger partial charge in [-0.15, -0.1) is 11.8 Å². The van der Waals surface area contributed by atoms with E-state index in [4.69, 9.17) is 23.2 Å². The van der Waals surface area contributed by atoms with Gasteiger partial charge in [-0.3, -0.25) is 9.59 Å². The second-order valence-electron chi connectivity index (χ2n) is 5.68. The van der Waals surface area contributed by atoms with Crippen molar-refractivity contribution < 1.29 is 9.59 Å². The summed E-state index contributed by atoms with van der Waals surface area (Å²) in [5.41, 5.74) is 1.64. The molecule has 0 saturated carbocycles. The van der Waals surface area contributed by atoms with Crippen molar-refractivity contribution in [3.05, 3.63) is 94.0 Å². The number of Topliss-reactive ketones (excluding diaryl/α,β-unsaturated/α-hetero) is 1. The molecule has 0 radical (unpaired) electrons. The van der Waals surface area contributed by atoms with Crippen LogP contribution >= 0.6 is 35.0 Å². The zero-order valence-electron chi connectivity index (χ0n) is 14.1. The maximum absolute atomic E-state index is 12.3. The van der Waals surface area contributed by atoms with Crippen molar-refractivity contribution in [2.24, 2.45) is 0 Å². The third-order valence-electron chi connectivity index (χ3n) is 3.72. The van der Waals surface area contributed by atoms with E-state index < -0.39 is 0 Å². The Hall–Kier alpha value is -2.27. The lowest BCUT2D eigenvalue weighted by molar-refractivity contribution is 0.101. The lowest BCUT2D eigenvalue weighted by Crippen LogP contribution is -2.11. The van der Waals surface area contributed by atoms with Gasteiger partial charge in [-0.2, -0.15) is 0 Å². The van der Waals surface area contributed by atoms with Crippen LogP contribution in [-0.4, -0.2) is 17.4 Å². The van der Waals surface area contributed by atoms with Gasteiger partial charge >= 0.3 is 0 Å². The molecule has 1 N–H and O–H groups in total. The van der Waals surface area contributed by atoms with Crippen LogP contribution in [0.4, 0.5) is 5.69 Å². The summed E-state index contributed by atoms with van der Waals surface area (Å²) in [5.74, 6) is -0.0270. The van der Waals surface area contributed by atoms with Crippen LogP contribution in [0, 0.1) is 0 Å². The first kappa shape index (κ1) is 19.5. The molecule has 0 unspecified atom stereocenters. The zero-order chi connectivity index (χ0) is 19.2. The van der Waals surface area contributed by atoms with Crippen molar-refractivity contribution in [3.8, 4) is 0 Å². The van der Waals surface area contributed by atoms with Gasteiger partial charge in [0, 0.05) is 26.7 Å². The van der Waals surface area contributed by atoms with Gasteiger partial charge in [0.25, 0.3) is 5.91 Å². The number of carbonyl (C=O) groups is 2. The van der Waals surface area contributed by atoms with Crippen LogP contribution in [0.15, 0.2) is 77.7 Å². The third kappa shape index (κ3) is 5.36. The molecule has 1 amide bonds. The van der Waals surface area contributed by atoms with Gasteiger partial charge in [-0.1, -0.05) is 47.5 Å². The molecule has 27 heavy (non-hydrogen) atoms. The maximum Gasteiger partial charge on any atom is 0.255 e. The topological polar surface area (TPSA) is 46.2 Å². The molecule has 0 aromatic heterocycles.